The molecule has 172 valence electrons. The number of non-ortho nitro benzene ring substituents is 1. The van der Waals surface area contributed by atoms with E-state index >= 15 is 0 Å². The summed E-state index contributed by atoms with van der Waals surface area (Å²) in [6.07, 6.45) is 4.11. The van der Waals surface area contributed by atoms with Crippen LogP contribution in [0.2, 0.25) is 0 Å². The molecule has 1 aromatic carbocycles. The zero-order valence-electron chi connectivity index (χ0n) is 18.1. The van der Waals surface area contributed by atoms with Gasteiger partial charge in [0.1, 0.15) is 10.4 Å². The van der Waals surface area contributed by atoms with Gasteiger partial charge in [0, 0.05) is 37.8 Å². The van der Waals surface area contributed by atoms with Gasteiger partial charge < -0.3 is 5.32 Å². The average Bonchev–Trinajstić information content (AvgIpc) is 3.32. The summed E-state index contributed by atoms with van der Waals surface area (Å²) in [5.74, 6) is 0.0884. The van der Waals surface area contributed by atoms with E-state index in [1.54, 1.807) is 0 Å². The number of carbonyl (C=O) groups is 1. The monoisotopic (exact) mass is 470 g/mol. The molecular weight excluding hydrogens is 448 g/mol. The van der Waals surface area contributed by atoms with E-state index in [1.807, 2.05) is 0 Å². The van der Waals surface area contributed by atoms with E-state index < -0.39 is 16.2 Å². The Morgan fingerprint density at radius 1 is 1.15 bits per heavy atom. The van der Waals surface area contributed by atoms with Crippen LogP contribution in [-0.2, 0) is 18.9 Å². The number of hydrogen-bond acceptors (Lipinski definition) is 8. The summed E-state index contributed by atoms with van der Waals surface area (Å²) in [5.41, 5.74) is -0.574. The van der Waals surface area contributed by atoms with Crippen molar-refractivity contribution >= 4 is 34.4 Å². The molecule has 0 aliphatic heterocycles. The second-order valence-electron chi connectivity index (χ2n) is 7.90. The van der Waals surface area contributed by atoms with Crippen LogP contribution in [0, 0.1) is 10.1 Å². The lowest BCUT2D eigenvalue weighted by Gasteiger charge is -2.13. The molecule has 33 heavy (non-hydrogen) atoms. The fraction of sp³-hybridized carbons (Fsp3) is 0.381. The molecule has 2 aromatic heterocycles. The minimum atomic E-state index is -0.554. The minimum absolute atomic E-state index is 0.0499. The Kier molecular flexibility index (Phi) is 6.27. The largest absolute Gasteiger partial charge is 0.353 e. The SMILES string of the molecule is Cn1c(=O)c2c(SCC(=O)NC3CCCC3)nc(-c3ccc([N+](=O)[O-])cc3)nc2n(C)c1=O. The summed E-state index contributed by atoms with van der Waals surface area (Å²) in [5, 5.41) is 14.4. The second kappa shape index (κ2) is 9.14. The molecule has 0 unspecified atom stereocenters. The number of thioether (sulfide) groups is 1. The van der Waals surface area contributed by atoms with Gasteiger partial charge in [-0.3, -0.25) is 28.8 Å². The van der Waals surface area contributed by atoms with Crippen LogP contribution in [0.3, 0.4) is 0 Å². The van der Waals surface area contributed by atoms with Gasteiger partial charge in [-0.05, 0) is 25.0 Å². The number of nitro groups is 1. The quantitative estimate of drug-likeness (QED) is 0.248. The highest BCUT2D eigenvalue weighted by Gasteiger charge is 2.21. The van der Waals surface area contributed by atoms with E-state index in [-0.39, 0.29) is 45.3 Å². The van der Waals surface area contributed by atoms with Gasteiger partial charge in [0.05, 0.1) is 10.7 Å². The molecular formula is C21H22N6O5S. The van der Waals surface area contributed by atoms with E-state index in [0.29, 0.717) is 5.56 Å². The van der Waals surface area contributed by atoms with E-state index in [4.69, 9.17) is 0 Å². The summed E-state index contributed by atoms with van der Waals surface area (Å²) in [7, 11) is 2.87. The summed E-state index contributed by atoms with van der Waals surface area (Å²) in [6, 6.07) is 5.82. The van der Waals surface area contributed by atoms with Crippen molar-refractivity contribution < 1.29 is 9.72 Å². The standard InChI is InChI=1S/C21H22N6O5S/c1-25-18-16(20(29)26(2)21(25)30)19(33-11-15(28)22-13-5-3-4-6-13)24-17(23-18)12-7-9-14(10-8-12)27(31)32/h7-10,13H,3-6,11H2,1-2H3,(H,22,28). The van der Waals surface area contributed by atoms with Crippen LogP contribution in [0.5, 0.6) is 0 Å². The minimum Gasteiger partial charge on any atom is -0.353 e. The number of hydrogen-bond donors (Lipinski definition) is 1. The average molecular weight is 471 g/mol. The molecule has 1 saturated carbocycles. The summed E-state index contributed by atoms with van der Waals surface area (Å²) in [4.78, 5) is 57.2. The number of nitro benzene ring substituents is 1. The normalized spacial score (nSPS) is 14.0. The highest BCUT2D eigenvalue weighted by atomic mass is 32.2. The molecule has 4 rings (SSSR count). The third kappa shape index (κ3) is 4.51. The van der Waals surface area contributed by atoms with Gasteiger partial charge in [-0.25, -0.2) is 14.8 Å². The van der Waals surface area contributed by atoms with Crippen LogP contribution >= 0.6 is 11.8 Å². The molecule has 1 fully saturated rings. The zero-order valence-corrected chi connectivity index (χ0v) is 18.9. The lowest BCUT2D eigenvalue weighted by Crippen LogP contribution is -2.38. The molecule has 3 aromatic rings. The van der Waals surface area contributed by atoms with Crippen molar-refractivity contribution in [1.82, 2.24) is 24.4 Å². The van der Waals surface area contributed by atoms with E-state index in [9.17, 15) is 24.5 Å². The van der Waals surface area contributed by atoms with Crippen molar-refractivity contribution in [3.8, 4) is 11.4 Å². The highest BCUT2D eigenvalue weighted by Crippen LogP contribution is 2.27. The van der Waals surface area contributed by atoms with Gasteiger partial charge in [0.25, 0.3) is 11.2 Å². The number of benzene rings is 1. The van der Waals surface area contributed by atoms with E-state index in [2.05, 4.69) is 15.3 Å². The first-order valence-corrected chi connectivity index (χ1v) is 11.4. The van der Waals surface area contributed by atoms with E-state index in [1.165, 1.54) is 42.9 Å². The maximum atomic E-state index is 12.9. The van der Waals surface area contributed by atoms with Gasteiger partial charge in [0.15, 0.2) is 11.5 Å². The van der Waals surface area contributed by atoms with Crippen molar-refractivity contribution in [2.45, 2.75) is 36.8 Å². The molecule has 1 N–H and O–H groups in total. The van der Waals surface area contributed by atoms with Crippen LogP contribution in [0.4, 0.5) is 5.69 Å². The number of nitrogens with one attached hydrogen (secondary N) is 1. The Bertz CT molecular complexity index is 1360. The van der Waals surface area contributed by atoms with E-state index in [0.717, 1.165) is 42.0 Å². The third-order valence-corrected chi connectivity index (χ3v) is 6.64. The molecule has 11 nitrogen and oxygen atoms in total. The first-order valence-electron chi connectivity index (χ1n) is 10.4. The summed E-state index contributed by atoms with van der Waals surface area (Å²) >= 11 is 1.10. The predicted octanol–water partition coefficient (Wildman–Crippen LogP) is 1.75. The van der Waals surface area contributed by atoms with Crippen LogP contribution in [0.25, 0.3) is 22.4 Å². The maximum absolute atomic E-state index is 12.9. The van der Waals surface area contributed by atoms with Crippen LogP contribution < -0.4 is 16.6 Å². The van der Waals surface area contributed by atoms with Crippen LogP contribution in [0.1, 0.15) is 25.7 Å². The van der Waals surface area contributed by atoms with Crippen molar-refractivity contribution in [2.75, 3.05) is 5.75 Å². The van der Waals surface area contributed by atoms with Gasteiger partial charge in [-0.1, -0.05) is 24.6 Å². The number of amides is 1. The van der Waals surface area contributed by atoms with Gasteiger partial charge >= 0.3 is 5.69 Å². The summed E-state index contributed by atoms with van der Waals surface area (Å²) in [6.45, 7) is 0. The number of carbonyl (C=O) groups excluding carboxylic acids is 1. The topological polar surface area (TPSA) is 142 Å². The number of aromatic nitrogens is 4. The van der Waals surface area contributed by atoms with Crippen molar-refractivity contribution in [3.63, 3.8) is 0 Å². The first-order chi connectivity index (χ1) is 15.8. The van der Waals surface area contributed by atoms with Gasteiger partial charge in [0.2, 0.25) is 5.91 Å². The third-order valence-electron chi connectivity index (χ3n) is 5.66. The molecule has 1 amide bonds. The molecule has 0 radical (unpaired) electrons. The Balaban J connectivity index is 1.77. The molecule has 1 aliphatic carbocycles. The smallest absolute Gasteiger partial charge is 0.332 e. The fourth-order valence-corrected chi connectivity index (χ4v) is 4.69. The number of rotatable bonds is 6. The lowest BCUT2D eigenvalue weighted by atomic mass is 10.2. The zero-order chi connectivity index (χ0) is 23.7. The van der Waals surface area contributed by atoms with Crippen molar-refractivity contribution in [2.24, 2.45) is 14.1 Å². The van der Waals surface area contributed by atoms with Gasteiger partial charge in [-0.2, -0.15) is 0 Å². The van der Waals surface area contributed by atoms with Gasteiger partial charge in [-0.15, -0.1) is 0 Å². The fourth-order valence-electron chi connectivity index (χ4n) is 3.87. The molecule has 0 saturated heterocycles. The Morgan fingerprint density at radius 2 is 1.82 bits per heavy atom. The number of fused-ring (bicyclic) bond motifs is 1. The molecule has 12 heteroatoms. The van der Waals surface area contributed by atoms with Crippen LogP contribution in [0.15, 0.2) is 38.9 Å². The number of nitrogens with zero attached hydrogens (tertiary/aromatic N) is 5. The Morgan fingerprint density at radius 3 is 2.45 bits per heavy atom. The molecule has 0 spiro atoms. The first kappa shape index (κ1) is 22.6. The molecule has 1 aliphatic rings. The van der Waals surface area contributed by atoms with Crippen molar-refractivity contribution in [1.29, 1.82) is 0 Å². The number of aryl methyl sites for hydroxylation is 1. The summed E-state index contributed by atoms with van der Waals surface area (Å²) < 4.78 is 2.22. The molecule has 0 bridgehead atoms. The second-order valence-corrected chi connectivity index (χ2v) is 8.86. The lowest BCUT2D eigenvalue weighted by molar-refractivity contribution is -0.384. The Hall–Kier alpha value is -3.54. The highest BCUT2D eigenvalue weighted by molar-refractivity contribution is 8.00. The predicted molar refractivity (Wildman–Crippen MR) is 123 cm³/mol. The maximum Gasteiger partial charge on any atom is 0.332 e. The Labute approximate surface area is 192 Å². The molecule has 0 atom stereocenters. The molecule has 2 heterocycles. The van der Waals surface area contributed by atoms with Crippen LogP contribution in [-0.4, -0.2) is 41.7 Å². The van der Waals surface area contributed by atoms with Crippen molar-refractivity contribution in [3.05, 3.63) is 55.2 Å².